The summed E-state index contributed by atoms with van der Waals surface area (Å²) in [5, 5.41) is 19.5. The number of nitrogens with zero attached hydrogens (tertiary/aromatic N) is 1. The molecular weight excluding hydrogens is 310 g/mol. The van der Waals surface area contributed by atoms with Crippen molar-refractivity contribution in [2.75, 3.05) is 0 Å². The van der Waals surface area contributed by atoms with Gasteiger partial charge in [-0.3, -0.25) is 0 Å². The molecule has 1 aromatic rings. The molecule has 0 saturated carbocycles. The standard InChI is InChI=1S/C18H21NOS2/c1-11(2)6-5-7-12(3)14(10-19)18-21-16-13(4)8-9-15(20)17(16)22-18/h8-9,11,20H,3,5-7H2,1-2,4H3/b18-14+. The lowest BCUT2D eigenvalue weighted by Crippen LogP contribution is -1.92. The summed E-state index contributed by atoms with van der Waals surface area (Å²) in [6, 6.07) is 5.94. The fourth-order valence-electron chi connectivity index (χ4n) is 2.30. The second kappa shape index (κ2) is 7.30. The Bertz CT molecular complexity index is 635. The van der Waals surface area contributed by atoms with Crippen molar-refractivity contribution >= 4 is 23.5 Å². The largest absolute Gasteiger partial charge is 0.507 e. The molecule has 1 aromatic carbocycles. The number of allylic oxidation sites excluding steroid dienone is 2. The molecule has 0 fully saturated rings. The number of nitriles is 1. The van der Waals surface area contributed by atoms with Gasteiger partial charge in [-0.1, -0.05) is 56.4 Å². The van der Waals surface area contributed by atoms with Crippen molar-refractivity contribution in [2.45, 2.75) is 49.8 Å². The van der Waals surface area contributed by atoms with Crippen molar-refractivity contribution in [1.82, 2.24) is 0 Å². The predicted octanol–water partition coefficient (Wildman–Crippen LogP) is 6.02. The SMILES string of the molecule is C=C(CCCC(C)C)/C(C#N)=C1\Sc2c(C)ccc(O)c2S1. The Morgan fingerprint density at radius 3 is 2.59 bits per heavy atom. The Labute approximate surface area is 141 Å². The molecule has 0 aromatic heterocycles. The molecule has 1 N–H and O–H groups in total. The Hall–Kier alpha value is -1.31. The van der Waals surface area contributed by atoms with Crippen molar-refractivity contribution in [3.8, 4) is 11.8 Å². The van der Waals surface area contributed by atoms with E-state index in [1.165, 1.54) is 11.8 Å². The highest BCUT2D eigenvalue weighted by Crippen LogP contribution is 2.57. The maximum absolute atomic E-state index is 10.0. The Kier molecular flexibility index (Phi) is 5.66. The zero-order valence-corrected chi connectivity index (χ0v) is 14.9. The third-order valence-corrected chi connectivity index (χ3v) is 6.36. The number of benzene rings is 1. The fraction of sp³-hybridized carbons (Fsp3) is 0.389. The molecule has 0 bridgehead atoms. The van der Waals surface area contributed by atoms with E-state index in [9.17, 15) is 10.4 Å². The van der Waals surface area contributed by atoms with Crippen LogP contribution in [-0.4, -0.2) is 5.11 Å². The first-order chi connectivity index (χ1) is 10.4. The molecule has 116 valence electrons. The van der Waals surface area contributed by atoms with Crippen LogP contribution < -0.4 is 0 Å². The number of aryl methyl sites for hydroxylation is 1. The minimum Gasteiger partial charge on any atom is -0.507 e. The number of aromatic hydroxyl groups is 1. The van der Waals surface area contributed by atoms with Crippen LogP contribution in [0.3, 0.4) is 0 Å². The van der Waals surface area contributed by atoms with E-state index in [1.807, 2.05) is 13.0 Å². The molecular formula is C18H21NOS2. The normalized spacial score (nSPS) is 15.6. The average Bonchev–Trinajstić information content (AvgIpc) is 2.89. The van der Waals surface area contributed by atoms with E-state index in [2.05, 4.69) is 26.5 Å². The quantitative estimate of drug-likeness (QED) is 0.670. The lowest BCUT2D eigenvalue weighted by atomic mass is 10.0. The zero-order chi connectivity index (χ0) is 16.3. The smallest absolute Gasteiger partial charge is 0.130 e. The van der Waals surface area contributed by atoms with Gasteiger partial charge < -0.3 is 5.11 Å². The Morgan fingerprint density at radius 1 is 1.32 bits per heavy atom. The van der Waals surface area contributed by atoms with Crippen molar-refractivity contribution in [1.29, 1.82) is 5.26 Å². The first-order valence-corrected chi connectivity index (χ1v) is 9.08. The average molecular weight is 332 g/mol. The van der Waals surface area contributed by atoms with E-state index in [1.54, 1.807) is 17.8 Å². The van der Waals surface area contributed by atoms with E-state index in [4.69, 9.17) is 0 Å². The summed E-state index contributed by atoms with van der Waals surface area (Å²) in [4.78, 5) is 1.92. The van der Waals surface area contributed by atoms with Gasteiger partial charge in [0.1, 0.15) is 11.8 Å². The Balaban J connectivity index is 2.20. The van der Waals surface area contributed by atoms with Gasteiger partial charge in [-0.2, -0.15) is 5.26 Å². The molecule has 0 spiro atoms. The van der Waals surface area contributed by atoms with Gasteiger partial charge in [-0.15, -0.1) is 0 Å². The maximum atomic E-state index is 10.0. The van der Waals surface area contributed by atoms with E-state index in [0.717, 1.165) is 44.4 Å². The second-order valence-electron chi connectivity index (χ2n) is 5.93. The van der Waals surface area contributed by atoms with Crippen molar-refractivity contribution in [3.05, 3.63) is 39.7 Å². The number of phenols is 1. The minimum absolute atomic E-state index is 0.288. The third kappa shape index (κ3) is 3.71. The molecule has 0 radical (unpaired) electrons. The summed E-state index contributed by atoms with van der Waals surface area (Å²) in [5.41, 5.74) is 2.71. The van der Waals surface area contributed by atoms with Crippen LogP contribution in [0.4, 0.5) is 0 Å². The van der Waals surface area contributed by atoms with Gasteiger partial charge in [0.05, 0.1) is 14.7 Å². The third-order valence-electron chi connectivity index (χ3n) is 3.61. The molecule has 4 heteroatoms. The summed E-state index contributed by atoms with van der Waals surface area (Å²) >= 11 is 3.06. The number of rotatable bonds is 5. The number of hydrogen-bond donors (Lipinski definition) is 1. The molecule has 0 aliphatic carbocycles. The van der Waals surface area contributed by atoms with Crippen LogP contribution in [0.15, 0.2) is 43.9 Å². The van der Waals surface area contributed by atoms with Crippen LogP contribution in [-0.2, 0) is 0 Å². The highest BCUT2D eigenvalue weighted by molar-refractivity contribution is 8.24. The lowest BCUT2D eigenvalue weighted by molar-refractivity contribution is 0.459. The van der Waals surface area contributed by atoms with Gasteiger partial charge >= 0.3 is 0 Å². The summed E-state index contributed by atoms with van der Waals surface area (Å²) in [6.45, 7) is 10.5. The number of phenolic OH excluding ortho intramolecular Hbond substituents is 1. The van der Waals surface area contributed by atoms with Gasteiger partial charge in [0.15, 0.2) is 0 Å². The lowest BCUT2D eigenvalue weighted by Gasteiger charge is -2.08. The van der Waals surface area contributed by atoms with E-state index >= 15 is 0 Å². The molecule has 0 saturated heterocycles. The predicted molar refractivity (Wildman–Crippen MR) is 95.0 cm³/mol. The van der Waals surface area contributed by atoms with Crippen LogP contribution in [0, 0.1) is 24.2 Å². The van der Waals surface area contributed by atoms with Crippen LogP contribution in [0.5, 0.6) is 5.75 Å². The van der Waals surface area contributed by atoms with Crippen LogP contribution in [0.25, 0.3) is 0 Å². The van der Waals surface area contributed by atoms with E-state index < -0.39 is 0 Å². The monoisotopic (exact) mass is 331 g/mol. The fourth-order valence-corrected chi connectivity index (χ4v) is 5.03. The Morgan fingerprint density at radius 2 is 2.00 bits per heavy atom. The van der Waals surface area contributed by atoms with Gasteiger partial charge in [0.25, 0.3) is 0 Å². The topological polar surface area (TPSA) is 44.0 Å². The molecule has 1 aliphatic rings. The highest BCUT2D eigenvalue weighted by Gasteiger charge is 2.26. The molecule has 0 amide bonds. The van der Waals surface area contributed by atoms with Gasteiger partial charge in [0.2, 0.25) is 0 Å². The first kappa shape index (κ1) is 17.1. The van der Waals surface area contributed by atoms with Crippen LogP contribution in [0.2, 0.25) is 0 Å². The van der Waals surface area contributed by atoms with Crippen molar-refractivity contribution in [3.63, 3.8) is 0 Å². The van der Waals surface area contributed by atoms with Gasteiger partial charge in [-0.25, -0.2) is 0 Å². The van der Waals surface area contributed by atoms with Crippen molar-refractivity contribution in [2.24, 2.45) is 5.92 Å². The number of hydrogen-bond acceptors (Lipinski definition) is 4. The highest BCUT2D eigenvalue weighted by atomic mass is 32.2. The molecule has 0 unspecified atom stereocenters. The van der Waals surface area contributed by atoms with E-state index in [0.29, 0.717) is 11.5 Å². The molecule has 2 nitrogen and oxygen atoms in total. The van der Waals surface area contributed by atoms with Crippen LogP contribution in [0.1, 0.15) is 38.7 Å². The number of fused-ring (bicyclic) bond motifs is 1. The summed E-state index contributed by atoms with van der Waals surface area (Å²) < 4.78 is 0.941. The molecule has 1 aliphatic heterocycles. The molecule has 22 heavy (non-hydrogen) atoms. The van der Waals surface area contributed by atoms with Crippen LogP contribution >= 0.6 is 23.5 Å². The number of thioether (sulfide) groups is 2. The molecule has 0 atom stereocenters. The maximum Gasteiger partial charge on any atom is 0.130 e. The second-order valence-corrected chi connectivity index (χ2v) is 8.23. The first-order valence-electron chi connectivity index (χ1n) is 7.44. The minimum atomic E-state index is 0.288. The summed E-state index contributed by atoms with van der Waals surface area (Å²) in [5.74, 6) is 0.959. The van der Waals surface area contributed by atoms with Gasteiger partial charge in [-0.05, 0) is 42.9 Å². The van der Waals surface area contributed by atoms with E-state index in [-0.39, 0.29) is 5.75 Å². The van der Waals surface area contributed by atoms with Gasteiger partial charge in [0, 0.05) is 4.90 Å². The summed E-state index contributed by atoms with van der Waals surface area (Å²) in [7, 11) is 0. The van der Waals surface area contributed by atoms with Crippen molar-refractivity contribution < 1.29 is 5.11 Å². The summed E-state index contributed by atoms with van der Waals surface area (Å²) in [6.07, 6.45) is 3.06. The molecule has 1 heterocycles. The molecule has 2 rings (SSSR count). The zero-order valence-electron chi connectivity index (χ0n) is 13.3.